The van der Waals surface area contributed by atoms with Crippen molar-refractivity contribution in [3.8, 4) is 5.69 Å². The van der Waals surface area contributed by atoms with E-state index in [2.05, 4.69) is 10.6 Å². The standard InChI is InChI=1S/C26H23FN4O3S/c1-17-24(26(34)31(30(17)2)19-10-4-3-5-11-19)29-23(32)16-35-20-12-8-9-18(15-20)28-25(33)21-13-6-7-14-22(21)27/h3-15H,16H2,1-2H3,(H,28,33)(H,29,32). The summed E-state index contributed by atoms with van der Waals surface area (Å²) in [6.45, 7) is 1.77. The number of anilines is 2. The first kappa shape index (κ1) is 24.0. The van der Waals surface area contributed by atoms with Crippen LogP contribution < -0.4 is 16.2 Å². The number of carbonyl (C=O) groups excluding carboxylic acids is 2. The second kappa shape index (κ2) is 10.4. The molecule has 0 aliphatic heterocycles. The lowest BCUT2D eigenvalue weighted by Crippen LogP contribution is -2.23. The van der Waals surface area contributed by atoms with Crippen LogP contribution >= 0.6 is 11.8 Å². The summed E-state index contributed by atoms with van der Waals surface area (Å²) in [5.74, 6) is -1.43. The molecular formula is C26H23FN4O3S. The molecule has 1 aromatic heterocycles. The lowest BCUT2D eigenvalue weighted by Gasteiger charge is -2.08. The smallest absolute Gasteiger partial charge is 0.295 e. The van der Waals surface area contributed by atoms with Gasteiger partial charge in [0.25, 0.3) is 11.5 Å². The number of para-hydroxylation sites is 1. The molecule has 178 valence electrons. The third-order valence-corrected chi connectivity index (χ3v) is 6.39. The fraction of sp³-hybridized carbons (Fsp3) is 0.115. The average Bonchev–Trinajstić information content (AvgIpc) is 3.06. The second-order valence-corrected chi connectivity index (χ2v) is 8.78. The van der Waals surface area contributed by atoms with Crippen LogP contribution in [0.3, 0.4) is 0 Å². The minimum absolute atomic E-state index is 0.0516. The number of hydrogen-bond donors (Lipinski definition) is 2. The maximum absolute atomic E-state index is 13.9. The quantitative estimate of drug-likeness (QED) is 0.371. The minimum Gasteiger partial charge on any atom is -0.322 e. The minimum atomic E-state index is -0.602. The first-order valence-corrected chi connectivity index (χ1v) is 11.8. The van der Waals surface area contributed by atoms with Gasteiger partial charge in [0, 0.05) is 17.6 Å². The van der Waals surface area contributed by atoms with Crippen LogP contribution in [0.2, 0.25) is 0 Å². The summed E-state index contributed by atoms with van der Waals surface area (Å²) in [5, 5.41) is 5.40. The van der Waals surface area contributed by atoms with Gasteiger partial charge in [0.1, 0.15) is 11.5 Å². The predicted octanol–water partition coefficient (Wildman–Crippen LogP) is 4.61. The molecule has 9 heteroatoms. The molecule has 7 nitrogen and oxygen atoms in total. The third-order valence-electron chi connectivity index (χ3n) is 5.40. The van der Waals surface area contributed by atoms with Crippen molar-refractivity contribution < 1.29 is 14.0 Å². The van der Waals surface area contributed by atoms with E-state index >= 15 is 0 Å². The number of rotatable bonds is 7. The molecule has 0 aliphatic carbocycles. The summed E-state index contributed by atoms with van der Waals surface area (Å²) in [6.07, 6.45) is 0. The van der Waals surface area contributed by atoms with E-state index in [0.29, 0.717) is 17.1 Å². The Balaban J connectivity index is 1.41. The van der Waals surface area contributed by atoms with Crippen molar-refractivity contribution in [2.45, 2.75) is 11.8 Å². The number of aromatic nitrogens is 2. The van der Waals surface area contributed by atoms with E-state index in [9.17, 15) is 18.8 Å². The molecule has 0 unspecified atom stereocenters. The number of hydrogen-bond acceptors (Lipinski definition) is 4. The predicted molar refractivity (Wildman–Crippen MR) is 136 cm³/mol. The maximum Gasteiger partial charge on any atom is 0.295 e. The molecule has 0 fully saturated rings. The lowest BCUT2D eigenvalue weighted by molar-refractivity contribution is -0.113. The molecular weight excluding hydrogens is 467 g/mol. The molecule has 2 N–H and O–H groups in total. The van der Waals surface area contributed by atoms with E-state index in [1.54, 1.807) is 49.0 Å². The number of thioether (sulfide) groups is 1. The van der Waals surface area contributed by atoms with E-state index in [0.717, 1.165) is 4.90 Å². The van der Waals surface area contributed by atoms with E-state index in [1.807, 2.05) is 30.3 Å². The first-order valence-electron chi connectivity index (χ1n) is 10.8. The molecule has 0 radical (unpaired) electrons. The molecule has 4 aromatic rings. The van der Waals surface area contributed by atoms with E-state index in [-0.39, 0.29) is 28.5 Å². The Morgan fingerprint density at radius 1 is 0.943 bits per heavy atom. The number of nitrogens with one attached hydrogen (secondary N) is 2. The van der Waals surface area contributed by atoms with E-state index < -0.39 is 11.7 Å². The van der Waals surface area contributed by atoms with Crippen LogP contribution in [-0.4, -0.2) is 26.9 Å². The SMILES string of the molecule is Cc1c(NC(=O)CSc2cccc(NC(=O)c3ccccc3F)c2)c(=O)n(-c2ccccc2)n1C. The fourth-order valence-electron chi connectivity index (χ4n) is 3.54. The Hall–Kier alpha value is -4.11. The maximum atomic E-state index is 13.9. The molecule has 0 saturated carbocycles. The molecule has 35 heavy (non-hydrogen) atoms. The molecule has 2 amide bonds. The van der Waals surface area contributed by atoms with Gasteiger partial charge in [-0.15, -0.1) is 11.8 Å². The topological polar surface area (TPSA) is 85.1 Å². The van der Waals surface area contributed by atoms with Gasteiger partial charge in [-0.05, 0) is 49.4 Å². The van der Waals surface area contributed by atoms with Gasteiger partial charge in [-0.25, -0.2) is 9.07 Å². The highest BCUT2D eigenvalue weighted by Gasteiger charge is 2.18. The Bertz CT molecular complexity index is 1450. The summed E-state index contributed by atoms with van der Waals surface area (Å²) >= 11 is 1.25. The molecule has 0 spiro atoms. The van der Waals surface area contributed by atoms with Crippen LogP contribution in [0.5, 0.6) is 0 Å². The van der Waals surface area contributed by atoms with Gasteiger partial charge < -0.3 is 10.6 Å². The van der Waals surface area contributed by atoms with Gasteiger partial charge in [0.2, 0.25) is 5.91 Å². The highest BCUT2D eigenvalue weighted by atomic mass is 32.2. The summed E-state index contributed by atoms with van der Waals surface area (Å²) in [6, 6.07) is 21.8. The van der Waals surface area contributed by atoms with Crippen molar-refractivity contribution in [2.75, 3.05) is 16.4 Å². The van der Waals surface area contributed by atoms with E-state index in [4.69, 9.17) is 0 Å². The molecule has 0 saturated heterocycles. The molecule has 4 rings (SSSR count). The number of carbonyl (C=O) groups is 2. The molecule has 3 aromatic carbocycles. The summed E-state index contributed by atoms with van der Waals surface area (Å²) in [4.78, 5) is 38.7. The van der Waals surface area contributed by atoms with Crippen molar-refractivity contribution in [3.63, 3.8) is 0 Å². The zero-order valence-electron chi connectivity index (χ0n) is 19.1. The zero-order valence-corrected chi connectivity index (χ0v) is 19.9. The van der Waals surface area contributed by atoms with Gasteiger partial charge in [-0.3, -0.25) is 19.1 Å². The van der Waals surface area contributed by atoms with Crippen LogP contribution in [0, 0.1) is 12.7 Å². The summed E-state index contributed by atoms with van der Waals surface area (Å²) in [5.41, 5.74) is 1.68. The van der Waals surface area contributed by atoms with Gasteiger partial charge >= 0.3 is 0 Å². The largest absolute Gasteiger partial charge is 0.322 e. The molecule has 0 atom stereocenters. The van der Waals surface area contributed by atoms with Crippen LogP contribution in [-0.2, 0) is 11.8 Å². The second-order valence-electron chi connectivity index (χ2n) is 7.74. The van der Waals surface area contributed by atoms with E-state index in [1.165, 1.54) is 34.6 Å². The third kappa shape index (κ3) is 5.36. The number of halogens is 1. The van der Waals surface area contributed by atoms with Crippen molar-refractivity contribution in [1.82, 2.24) is 9.36 Å². The number of nitrogens with zero attached hydrogens (tertiary/aromatic N) is 2. The molecule has 0 bridgehead atoms. The monoisotopic (exact) mass is 490 g/mol. The Morgan fingerprint density at radius 2 is 1.66 bits per heavy atom. The van der Waals surface area contributed by atoms with Gasteiger partial charge in [0.15, 0.2) is 0 Å². The van der Waals surface area contributed by atoms with Crippen molar-refractivity contribution in [1.29, 1.82) is 0 Å². The van der Waals surface area contributed by atoms with Crippen molar-refractivity contribution in [3.05, 3.63) is 106 Å². The Labute approximate surface area is 205 Å². The first-order chi connectivity index (χ1) is 16.8. The van der Waals surface area contributed by atoms with Crippen LogP contribution in [0.1, 0.15) is 16.1 Å². The van der Waals surface area contributed by atoms with Crippen LogP contribution in [0.25, 0.3) is 5.69 Å². The van der Waals surface area contributed by atoms with Gasteiger partial charge in [-0.1, -0.05) is 36.4 Å². The fourth-order valence-corrected chi connectivity index (χ4v) is 4.30. The zero-order chi connectivity index (χ0) is 24.9. The van der Waals surface area contributed by atoms with Gasteiger partial charge in [-0.2, -0.15) is 0 Å². The average molecular weight is 491 g/mol. The lowest BCUT2D eigenvalue weighted by atomic mass is 10.2. The summed E-state index contributed by atoms with van der Waals surface area (Å²) in [7, 11) is 1.76. The van der Waals surface area contributed by atoms with Gasteiger partial charge in [0.05, 0.1) is 22.7 Å². The van der Waals surface area contributed by atoms with Crippen LogP contribution in [0.4, 0.5) is 15.8 Å². The Morgan fingerprint density at radius 3 is 2.40 bits per heavy atom. The molecule has 0 aliphatic rings. The number of benzene rings is 3. The number of amides is 2. The normalized spacial score (nSPS) is 10.7. The highest BCUT2D eigenvalue weighted by Crippen LogP contribution is 2.23. The molecule has 1 heterocycles. The highest BCUT2D eigenvalue weighted by molar-refractivity contribution is 8.00. The van der Waals surface area contributed by atoms with Crippen molar-refractivity contribution in [2.24, 2.45) is 7.05 Å². The summed E-state index contributed by atoms with van der Waals surface area (Å²) < 4.78 is 17.1. The Kier molecular flexibility index (Phi) is 7.17. The van der Waals surface area contributed by atoms with Crippen LogP contribution in [0.15, 0.2) is 88.6 Å². The van der Waals surface area contributed by atoms with Crippen molar-refractivity contribution >= 4 is 35.0 Å².